The number of benzene rings is 1. The summed E-state index contributed by atoms with van der Waals surface area (Å²) in [4.78, 5) is 34.7. The molecule has 0 aromatic heterocycles. The summed E-state index contributed by atoms with van der Waals surface area (Å²) in [6.45, 7) is 5.55. The van der Waals surface area contributed by atoms with Crippen molar-refractivity contribution in [2.24, 2.45) is 0 Å². The number of ether oxygens (including phenoxy) is 1. The first kappa shape index (κ1) is 16.7. The zero-order valence-corrected chi connectivity index (χ0v) is 12.4. The number of carbonyl (C=O) groups excluding carboxylic acids is 3. The van der Waals surface area contributed by atoms with Gasteiger partial charge >= 0.3 is 12.0 Å². The molecule has 1 aromatic carbocycles. The number of nitrogens with one attached hydrogen (secondary N) is 2. The van der Waals surface area contributed by atoms with Crippen LogP contribution in [0, 0.1) is 0 Å². The molecule has 0 saturated heterocycles. The maximum Gasteiger partial charge on any atom is 0.338 e. The van der Waals surface area contributed by atoms with Gasteiger partial charge in [0, 0.05) is 6.54 Å². The highest BCUT2D eigenvalue weighted by Crippen LogP contribution is 2.08. The van der Waals surface area contributed by atoms with Crippen molar-refractivity contribution >= 4 is 17.9 Å². The minimum absolute atomic E-state index is 0.366. The number of urea groups is 1. The molecule has 1 atom stereocenters. The third-order valence-corrected chi connectivity index (χ3v) is 2.82. The Morgan fingerprint density at radius 3 is 2.29 bits per heavy atom. The summed E-state index contributed by atoms with van der Waals surface area (Å²) >= 11 is 0. The summed E-state index contributed by atoms with van der Waals surface area (Å²) in [7, 11) is 0. The molecule has 3 amide bonds. The van der Waals surface area contributed by atoms with Crippen molar-refractivity contribution < 1.29 is 19.1 Å². The first-order chi connectivity index (χ1) is 9.97. The smallest absolute Gasteiger partial charge is 0.338 e. The van der Waals surface area contributed by atoms with E-state index in [0.717, 1.165) is 12.0 Å². The molecule has 0 heterocycles. The van der Waals surface area contributed by atoms with Crippen molar-refractivity contribution in [1.29, 1.82) is 0 Å². The van der Waals surface area contributed by atoms with Gasteiger partial charge in [0.1, 0.15) is 0 Å². The van der Waals surface area contributed by atoms with Crippen LogP contribution in [0.3, 0.4) is 0 Å². The number of amides is 3. The van der Waals surface area contributed by atoms with Gasteiger partial charge in [-0.15, -0.1) is 0 Å². The molecule has 1 unspecified atom stereocenters. The van der Waals surface area contributed by atoms with E-state index in [2.05, 4.69) is 10.6 Å². The zero-order chi connectivity index (χ0) is 15.8. The average molecular weight is 292 g/mol. The number of carbonyl (C=O) groups is 3. The summed E-state index contributed by atoms with van der Waals surface area (Å²) in [5.74, 6) is -1.27. The molecule has 0 saturated carbocycles. The fourth-order valence-electron chi connectivity index (χ4n) is 1.58. The van der Waals surface area contributed by atoms with Crippen molar-refractivity contribution in [2.45, 2.75) is 33.3 Å². The molecule has 0 aliphatic heterocycles. The predicted octanol–water partition coefficient (Wildman–Crippen LogP) is 1.64. The van der Waals surface area contributed by atoms with E-state index >= 15 is 0 Å². The van der Waals surface area contributed by atoms with E-state index in [4.69, 9.17) is 4.74 Å². The lowest BCUT2D eigenvalue weighted by Crippen LogP contribution is -2.44. The molecule has 0 aliphatic rings. The predicted molar refractivity (Wildman–Crippen MR) is 77.9 cm³/mol. The fraction of sp³-hybridized carbons (Fsp3) is 0.400. The quantitative estimate of drug-likeness (QED) is 0.808. The average Bonchev–Trinajstić information content (AvgIpc) is 2.47. The Hall–Kier alpha value is -2.37. The summed E-state index contributed by atoms with van der Waals surface area (Å²) < 4.78 is 5.02. The number of rotatable bonds is 5. The van der Waals surface area contributed by atoms with E-state index in [-0.39, 0.29) is 0 Å². The Bertz CT molecular complexity index is 511. The maximum absolute atomic E-state index is 11.9. The van der Waals surface area contributed by atoms with E-state index in [1.807, 2.05) is 19.1 Å². The lowest BCUT2D eigenvalue weighted by molar-refractivity contribution is -0.127. The van der Waals surface area contributed by atoms with Crippen LogP contribution in [0.5, 0.6) is 0 Å². The highest BCUT2D eigenvalue weighted by molar-refractivity contribution is 5.98. The minimum atomic E-state index is -1.05. The lowest BCUT2D eigenvalue weighted by Gasteiger charge is -2.13. The van der Waals surface area contributed by atoms with Gasteiger partial charge in [-0.05, 0) is 38.0 Å². The van der Waals surface area contributed by atoms with Crippen LogP contribution in [0.25, 0.3) is 0 Å². The van der Waals surface area contributed by atoms with Gasteiger partial charge in [-0.3, -0.25) is 10.1 Å². The molecular weight excluding hydrogens is 272 g/mol. The first-order valence-electron chi connectivity index (χ1n) is 6.86. The standard InChI is InChI=1S/C15H20N2O4/c1-4-11-6-8-12(9-7-11)14(19)21-10(3)13(18)17-15(20)16-5-2/h6-10H,4-5H2,1-3H3,(H2,16,17,18,20). The van der Waals surface area contributed by atoms with Gasteiger partial charge in [-0.25, -0.2) is 9.59 Å². The molecule has 0 radical (unpaired) electrons. The molecule has 1 rings (SSSR count). The number of hydrogen-bond donors (Lipinski definition) is 2. The molecular formula is C15H20N2O4. The molecule has 21 heavy (non-hydrogen) atoms. The molecule has 0 fully saturated rings. The first-order valence-corrected chi connectivity index (χ1v) is 6.86. The largest absolute Gasteiger partial charge is 0.449 e. The lowest BCUT2D eigenvalue weighted by atomic mass is 10.1. The van der Waals surface area contributed by atoms with Gasteiger partial charge in [0.25, 0.3) is 5.91 Å². The minimum Gasteiger partial charge on any atom is -0.449 e. The van der Waals surface area contributed by atoms with Crippen LogP contribution in [0.2, 0.25) is 0 Å². The van der Waals surface area contributed by atoms with Crippen molar-refractivity contribution in [3.05, 3.63) is 35.4 Å². The van der Waals surface area contributed by atoms with Gasteiger partial charge in [0.15, 0.2) is 6.10 Å². The van der Waals surface area contributed by atoms with Gasteiger partial charge in [0.05, 0.1) is 5.56 Å². The van der Waals surface area contributed by atoms with Crippen LogP contribution < -0.4 is 10.6 Å². The summed E-state index contributed by atoms with van der Waals surface area (Å²) in [5.41, 5.74) is 1.47. The van der Waals surface area contributed by atoms with E-state index in [0.29, 0.717) is 12.1 Å². The van der Waals surface area contributed by atoms with Crippen LogP contribution >= 0.6 is 0 Å². The van der Waals surface area contributed by atoms with E-state index in [9.17, 15) is 14.4 Å². The topological polar surface area (TPSA) is 84.5 Å². The van der Waals surface area contributed by atoms with E-state index < -0.39 is 24.0 Å². The molecule has 6 nitrogen and oxygen atoms in total. The Morgan fingerprint density at radius 2 is 1.76 bits per heavy atom. The van der Waals surface area contributed by atoms with Crippen molar-refractivity contribution in [3.8, 4) is 0 Å². The number of esters is 1. The van der Waals surface area contributed by atoms with Crippen molar-refractivity contribution in [3.63, 3.8) is 0 Å². The summed E-state index contributed by atoms with van der Waals surface area (Å²) in [6.07, 6.45) is -0.174. The highest BCUT2D eigenvalue weighted by Gasteiger charge is 2.20. The van der Waals surface area contributed by atoms with Crippen molar-refractivity contribution in [2.75, 3.05) is 6.54 Å². The van der Waals surface area contributed by atoms with Crippen LogP contribution in [0.15, 0.2) is 24.3 Å². The number of hydrogen-bond acceptors (Lipinski definition) is 4. The monoisotopic (exact) mass is 292 g/mol. The Labute approximate surface area is 123 Å². The van der Waals surface area contributed by atoms with Gasteiger partial charge < -0.3 is 10.1 Å². The zero-order valence-electron chi connectivity index (χ0n) is 12.4. The Balaban J connectivity index is 2.56. The number of imide groups is 1. The summed E-state index contributed by atoms with van der Waals surface area (Å²) in [6, 6.07) is 6.34. The number of aryl methyl sites for hydroxylation is 1. The molecule has 6 heteroatoms. The second-order valence-corrected chi connectivity index (χ2v) is 4.45. The SMILES string of the molecule is CCNC(=O)NC(=O)C(C)OC(=O)c1ccc(CC)cc1. The highest BCUT2D eigenvalue weighted by atomic mass is 16.5. The van der Waals surface area contributed by atoms with Gasteiger partial charge in [0.2, 0.25) is 0 Å². The van der Waals surface area contributed by atoms with Crippen LogP contribution in [0.4, 0.5) is 4.79 Å². The van der Waals surface area contributed by atoms with Gasteiger partial charge in [-0.2, -0.15) is 0 Å². The molecule has 1 aromatic rings. The van der Waals surface area contributed by atoms with Crippen LogP contribution in [-0.2, 0) is 16.0 Å². The van der Waals surface area contributed by atoms with Crippen molar-refractivity contribution in [1.82, 2.24) is 10.6 Å². The normalized spacial score (nSPS) is 11.4. The Kier molecular flexibility index (Phi) is 6.39. The fourth-order valence-corrected chi connectivity index (χ4v) is 1.58. The second-order valence-electron chi connectivity index (χ2n) is 4.45. The van der Waals surface area contributed by atoms with E-state index in [1.54, 1.807) is 19.1 Å². The maximum atomic E-state index is 11.9. The molecule has 114 valence electrons. The molecule has 2 N–H and O–H groups in total. The van der Waals surface area contributed by atoms with E-state index in [1.165, 1.54) is 6.92 Å². The molecule has 0 spiro atoms. The van der Waals surface area contributed by atoms with Crippen LogP contribution in [-0.4, -0.2) is 30.6 Å². The second kappa shape index (κ2) is 8.04. The van der Waals surface area contributed by atoms with Gasteiger partial charge in [-0.1, -0.05) is 19.1 Å². The van der Waals surface area contributed by atoms with Crippen LogP contribution in [0.1, 0.15) is 36.7 Å². The summed E-state index contributed by atoms with van der Waals surface area (Å²) in [5, 5.41) is 4.51. The molecule has 0 bridgehead atoms. The molecule has 0 aliphatic carbocycles. The Morgan fingerprint density at radius 1 is 1.14 bits per heavy atom. The third-order valence-electron chi connectivity index (χ3n) is 2.82. The third kappa shape index (κ3) is 5.25.